The molecule has 0 amide bonds. The van der Waals surface area contributed by atoms with Crippen molar-refractivity contribution in [2.75, 3.05) is 0 Å². The number of halogens is 3. The van der Waals surface area contributed by atoms with E-state index in [1.807, 2.05) is 6.07 Å². The van der Waals surface area contributed by atoms with Gasteiger partial charge in [-0.05, 0) is 24.3 Å². The van der Waals surface area contributed by atoms with E-state index in [2.05, 4.69) is 0 Å². The third kappa shape index (κ3) is 3.05. The number of nitriles is 1. The van der Waals surface area contributed by atoms with Crippen molar-refractivity contribution in [3.05, 3.63) is 65.0 Å². The van der Waals surface area contributed by atoms with Crippen LogP contribution in [0.2, 0.25) is 0 Å². The van der Waals surface area contributed by atoms with Crippen LogP contribution in [-0.2, 0) is 6.61 Å². The van der Waals surface area contributed by atoms with Crippen molar-refractivity contribution in [1.82, 2.24) is 0 Å². The van der Waals surface area contributed by atoms with E-state index in [-0.39, 0.29) is 23.5 Å². The number of benzene rings is 2. The zero-order valence-corrected chi connectivity index (χ0v) is 9.66. The zero-order chi connectivity index (χ0) is 13.8. The lowest BCUT2D eigenvalue weighted by atomic mass is 10.1. The van der Waals surface area contributed by atoms with E-state index in [0.717, 1.165) is 18.2 Å². The highest BCUT2D eigenvalue weighted by molar-refractivity contribution is 5.33. The second kappa shape index (κ2) is 5.44. The summed E-state index contributed by atoms with van der Waals surface area (Å²) >= 11 is 0. The molecule has 0 unspecified atom stereocenters. The van der Waals surface area contributed by atoms with Crippen LogP contribution < -0.4 is 4.74 Å². The van der Waals surface area contributed by atoms with Crippen molar-refractivity contribution < 1.29 is 17.9 Å². The predicted molar refractivity (Wildman–Crippen MR) is 61.8 cm³/mol. The monoisotopic (exact) mass is 263 g/mol. The molecule has 0 radical (unpaired) electrons. The lowest BCUT2D eigenvalue weighted by Crippen LogP contribution is -1.99. The molecule has 2 rings (SSSR count). The Balaban J connectivity index is 2.10. The third-order valence-corrected chi connectivity index (χ3v) is 2.47. The van der Waals surface area contributed by atoms with Crippen LogP contribution in [0.5, 0.6) is 5.75 Å². The molecule has 0 saturated heterocycles. The van der Waals surface area contributed by atoms with Crippen molar-refractivity contribution in [3.63, 3.8) is 0 Å². The van der Waals surface area contributed by atoms with E-state index >= 15 is 0 Å². The van der Waals surface area contributed by atoms with Crippen molar-refractivity contribution in [2.45, 2.75) is 6.61 Å². The first-order valence-electron chi connectivity index (χ1n) is 5.36. The van der Waals surface area contributed by atoms with Gasteiger partial charge in [-0.1, -0.05) is 6.07 Å². The van der Waals surface area contributed by atoms with Gasteiger partial charge in [0.15, 0.2) is 11.6 Å². The summed E-state index contributed by atoms with van der Waals surface area (Å²) in [6, 6.07) is 8.83. The Kier molecular flexibility index (Phi) is 3.71. The summed E-state index contributed by atoms with van der Waals surface area (Å²) in [4.78, 5) is 0. The van der Waals surface area contributed by atoms with Crippen LogP contribution in [0.1, 0.15) is 11.1 Å². The molecule has 0 atom stereocenters. The van der Waals surface area contributed by atoms with E-state index in [9.17, 15) is 13.2 Å². The first kappa shape index (κ1) is 13.0. The van der Waals surface area contributed by atoms with Crippen LogP contribution in [0.15, 0.2) is 36.4 Å². The molecule has 0 N–H and O–H groups in total. The number of hydrogen-bond acceptors (Lipinski definition) is 2. The molecule has 5 heteroatoms. The molecule has 0 aliphatic rings. The van der Waals surface area contributed by atoms with Gasteiger partial charge in [0.25, 0.3) is 0 Å². The van der Waals surface area contributed by atoms with Crippen LogP contribution in [0, 0.1) is 28.8 Å². The van der Waals surface area contributed by atoms with Gasteiger partial charge in [0.05, 0.1) is 11.6 Å². The molecular formula is C14H8F3NO. The van der Waals surface area contributed by atoms with Gasteiger partial charge >= 0.3 is 0 Å². The SMILES string of the molecule is N#Cc1ccc(COc2ccc(F)c(F)c2)c(F)c1. The zero-order valence-electron chi connectivity index (χ0n) is 9.66. The fourth-order valence-electron chi connectivity index (χ4n) is 1.46. The van der Waals surface area contributed by atoms with E-state index in [4.69, 9.17) is 10.00 Å². The molecule has 0 spiro atoms. The summed E-state index contributed by atoms with van der Waals surface area (Å²) in [7, 11) is 0. The van der Waals surface area contributed by atoms with E-state index < -0.39 is 17.5 Å². The Hall–Kier alpha value is -2.48. The molecule has 0 fully saturated rings. The molecule has 0 bridgehead atoms. The maximum absolute atomic E-state index is 13.5. The van der Waals surface area contributed by atoms with Gasteiger partial charge in [0, 0.05) is 11.6 Å². The lowest BCUT2D eigenvalue weighted by molar-refractivity contribution is 0.297. The fraction of sp³-hybridized carbons (Fsp3) is 0.0714. The van der Waals surface area contributed by atoms with Crippen molar-refractivity contribution in [1.29, 1.82) is 5.26 Å². The van der Waals surface area contributed by atoms with Crippen LogP contribution in [0.25, 0.3) is 0 Å². The second-order valence-electron chi connectivity index (χ2n) is 3.78. The normalized spacial score (nSPS) is 10.0. The van der Waals surface area contributed by atoms with Crippen LogP contribution in [0.4, 0.5) is 13.2 Å². The summed E-state index contributed by atoms with van der Waals surface area (Å²) < 4.78 is 44.3. The third-order valence-electron chi connectivity index (χ3n) is 2.47. The predicted octanol–water partition coefficient (Wildman–Crippen LogP) is 3.55. The van der Waals surface area contributed by atoms with Crippen molar-refractivity contribution in [2.24, 2.45) is 0 Å². The average Bonchev–Trinajstić information content (AvgIpc) is 2.41. The highest BCUT2D eigenvalue weighted by Crippen LogP contribution is 2.18. The molecule has 0 aliphatic carbocycles. The Morgan fingerprint density at radius 1 is 0.947 bits per heavy atom. The lowest BCUT2D eigenvalue weighted by Gasteiger charge is -2.07. The summed E-state index contributed by atoms with van der Waals surface area (Å²) in [5, 5.41) is 8.59. The van der Waals surface area contributed by atoms with Gasteiger partial charge in [0.1, 0.15) is 18.2 Å². The summed E-state index contributed by atoms with van der Waals surface area (Å²) in [6.45, 7) is -0.136. The Morgan fingerprint density at radius 3 is 2.37 bits per heavy atom. The minimum atomic E-state index is -1.03. The maximum atomic E-state index is 13.5. The molecule has 2 aromatic carbocycles. The molecule has 0 aliphatic heterocycles. The van der Waals surface area contributed by atoms with E-state index in [1.165, 1.54) is 18.2 Å². The molecule has 96 valence electrons. The first-order chi connectivity index (χ1) is 9.10. The maximum Gasteiger partial charge on any atom is 0.162 e. The minimum absolute atomic E-state index is 0.0997. The van der Waals surface area contributed by atoms with Gasteiger partial charge in [0.2, 0.25) is 0 Å². The molecule has 2 nitrogen and oxygen atoms in total. The van der Waals surface area contributed by atoms with Gasteiger partial charge in [-0.3, -0.25) is 0 Å². The van der Waals surface area contributed by atoms with Crippen LogP contribution in [-0.4, -0.2) is 0 Å². The average molecular weight is 263 g/mol. The largest absolute Gasteiger partial charge is 0.489 e. The second-order valence-corrected chi connectivity index (χ2v) is 3.78. The summed E-state index contributed by atoms with van der Waals surface area (Å²) in [6.07, 6.45) is 0. The quantitative estimate of drug-likeness (QED) is 0.848. The standard InChI is InChI=1S/C14H8F3NO/c15-12-4-3-11(6-14(12)17)19-8-10-2-1-9(7-18)5-13(10)16/h1-6H,8H2. The molecule has 0 aromatic heterocycles. The molecular weight excluding hydrogens is 255 g/mol. The number of ether oxygens (including phenoxy) is 1. The van der Waals surface area contributed by atoms with Crippen LogP contribution in [0.3, 0.4) is 0 Å². The van der Waals surface area contributed by atoms with Crippen LogP contribution >= 0.6 is 0 Å². The Bertz CT molecular complexity index is 650. The Morgan fingerprint density at radius 2 is 1.74 bits per heavy atom. The van der Waals surface area contributed by atoms with Crippen molar-refractivity contribution >= 4 is 0 Å². The summed E-state index contributed by atoms with van der Waals surface area (Å²) in [5.41, 5.74) is 0.429. The van der Waals surface area contributed by atoms with Gasteiger partial charge in [-0.2, -0.15) is 5.26 Å². The highest BCUT2D eigenvalue weighted by Gasteiger charge is 2.06. The smallest absolute Gasteiger partial charge is 0.162 e. The molecule has 0 heterocycles. The van der Waals surface area contributed by atoms with Gasteiger partial charge < -0.3 is 4.74 Å². The fourth-order valence-corrected chi connectivity index (χ4v) is 1.46. The highest BCUT2D eigenvalue weighted by atomic mass is 19.2. The molecule has 0 saturated carbocycles. The van der Waals surface area contributed by atoms with E-state index in [0.29, 0.717) is 0 Å². The van der Waals surface area contributed by atoms with Gasteiger partial charge in [-0.25, -0.2) is 13.2 Å². The minimum Gasteiger partial charge on any atom is -0.489 e. The number of nitrogens with zero attached hydrogens (tertiary/aromatic N) is 1. The summed E-state index contributed by atoms with van der Waals surface area (Å²) in [5.74, 6) is -2.49. The topological polar surface area (TPSA) is 33.0 Å². The van der Waals surface area contributed by atoms with Gasteiger partial charge in [-0.15, -0.1) is 0 Å². The molecule has 19 heavy (non-hydrogen) atoms. The number of hydrogen-bond donors (Lipinski definition) is 0. The Labute approximate surface area is 107 Å². The molecule has 2 aromatic rings. The van der Waals surface area contributed by atoms with Crippen molar-refractivity contribution in [3.8, 4) is 11.8 Å². The number of rotatable bonds is 3. The van der Waals surface area contributed by atoms with E-state index in [1.54, 1.807) is 0 Å². The first-order valence-corrected chi connectivity index (χ1v) is 5.36.